The molecular formula is C25H23BrN4O2. The first-order chi connectivity index (χ1) is 15.6. The van der Waals surface area contributed by atoms with Gasteiger partial charge in [0.25, 0.3) is 5.91 Å². The van der Waals surface area contributed by atoms with E-state index in [1.807, 2.05) is 78.2 Å². The lowest BCUT2D eigenvalue weighted by Gasteiger charge is -2.22. The van der Waals surface area contributed by atoms with Crippen molar-refractivity contribution in [1.29, 1.82) is 0 Å². The molecule has 0 saturated carbocycles. The molecule has 3 aromatic carbocycles. The first kappa shape index (κ1) is 21.8. The Balaban J connectivity index is 1.58. The minimum atomic E-state index is -0.193. The average Bonchev–Trinajstić information content (AvgIpc) is 3.16. The third-order valence-electron chi connectivity index (χ3n) is 5.23. The van der Waals surface area contributed by atoms with E-state index >= 15 is 0 Å². The highest BCUT2D eigenvalue weighted by molar-refractivity contribution is 9.10. The van der Waals surface area contributed by atoms with Gasteiger partial charge in [0.15, 0.2) is 0 Å². The number of likely N-dealkylation sites (N-methyl/N-ethyl adjacent to an activating group) is 1. The van der Waals surface area contributed by atoms with Gasteiger partial charge in [0.1, 0.15) is 12.4 Å². The van der Waals surface area contributed by atoms with Crippen LogP contribution in [0.2, 0.25) is 0 Å². The first-order valence-electron chi connectivity index (χ1n) is 10.4. The Bertz CT molecular complexity index is 1240. The van der Waals surface area contributed by atoms with Gasteiger partial charge in [0.05, 0.1) is 17.6 Å². The Kier molecular flexibility index (Phi) is 6.66. The van der Waals surface area contributed by atoms with Gasteiger partial charge in [0, 0.05) is 22.3 Å². The first-order valence-corrected chi connectivity index (χ1v) is 11.2. The zero-order valence-corrected chi connectivity index (χ0v) is 19.2. The van der Waals surface area contributed by atoms with Gasteiger partial charge in [-0.1, -0.05) is 46.3 Å². The molecule has 4 rings (SSSR count). The molecule has 1 aromatic heterocycles. The van der Waals surface area contributed by atoms with Crippen LogP contribution in [0.25, 0.3) is 11.0 Å². The van der Waals surface area contributed by atoms with E-state index < -0.39 is 0 Å². The molecule has 2 amide bonds. The highest BCUT2D eigenvalue weighted by Gasteiger charge is 2.19. The van der Waals surface area contributed by atoms with Crippen molar-refractivity contribution in [3.05, 3.63) is 94.7 Å². The molecule has 0 atom stereocenters. The van der Waals surface area contributed by atoms with Gasteiger partial charge < -0.3 is 14.8 Å². The second-order valence-electron chi connectivity index (χ2n) is 7.27. The maximum Gasteiger partial charge on any atom is 0.251 e. The van der Waals surface area contributed by atoms with Crippen LogP contribution >= 0.6 is 15.9 Å². The predicted molar refractivity (Wildman–Crippen MR) is 130 cm³/mol. The number of anilines is 1. The summed E-state index contributed by atoms with van der Waals surface area (Å²) in [4.78, 5) is 32.2. The second-order valence-corrected chi connectivity index (χ2v) is 8.18. The quantitative estimate of drug-likeness (QED) is 0.405. The molecule has 0 aliphatic heterocycles. The Labute approximate surface area is 195 Å². The average molecular weight is 491 g/mol. The van der Waals surface area contributed by atoms with Crippen molar-refractivity contribution >= 4 is 44.5 Å². The molecule has 0 aliphatic carbocycles. The Morgan fingerprint density at radius 1 is 0.969 bits per heavy atom. The third-order valence-corrected chi connectivity index (χ3v) is 5.75. The van der Waals surface area contributed by atoms with Gasteiger partial charge in [-0.3, -0.25) is 9.59 Å². The number of benzene rings is 3. The van der Waals surface area contributed by atoms with Crippen molar-refractivity contribution in [1.82, 2.24) is 14.9 Å². The van der Waals surface area contributed by atoms with Crippen LogP contribution in [-0.4, -0.2) is 27.9 Å². The van der Waals surface area contributed by atoms with Crippen LogP contribution in [0.5, 0.6) is 0 Å². The van der Waals surface area contributed by atoms with Crippen molar-refractivity contribution in [2.24, 2.45) is 0 Å². The van der Waals surface area contributed by atoms with Gasteiger partial charge >= 0.3 is 0 Å². The van der Waals surface area contributed by atoms with Gasteiger partial charge in [-0.15, -0.1) is 0 Å². The van der Waals surface area contributed by atoms with Crippen molar-refractivity contribution in [2.45, 2.75) is 20.0 Å². The third kappa shape index (κ3) is 4.73. The number of carbonyl (C=O) groups is 2. The summed E-state index contributed by atoms with van der Waals surface area (Å²) in [6, 6.07) is 24.4. The molecule has 0 bridgehead atoms. The molecule has 0 aliphatic rings. The molecule has 0 unspecified atom stereocenters. The normalized spacial score (nSPS) is 10.8. The zero-order chi connectivity index (χ0) is 22.5. The largest absolute Gasteiger partial charge is 0.345 e. The fourth-order valence-electron chi connectivity index (χ4n) is 3.63. The molecule has 0 fully saturated rings. The van der Waals surface area contributed by atoms with Crippen LogP contribution in [0.1, 0.15) is 23.1 Å². The molecule has 0 radical (unpaired) electrons. The van der Waals surface area contributed by atoms with E-state index in [1.54, 1.807) is 17.0 Å². The summed E-state index contributed by atoms with van der Waals surface area (Å²) in [6.45, 7) is 2.86. The van der Waals surface area contributed by atoms with Crippen LogP contribution in [-0.2, 0) is 17.9 Å². The number of aromatic nitrogens is 2. The number of fused-ring (bicyclic) bond motifs is 1. The Morgan fingerprint density at radius 3 is 2.38 bits per heavy atom. The number of hydrogen-bond acceptors (Lipinski definition) is 3. The van der Waals surface area contributed by atoms with Crippen LogP contribution in [0.3, 0.4) is 0 Å². The summed E-state index contributed by atoms with van der Waals surface area (Å²) < 4.78 is 2.79. The standard InChI is InChI=1S/C25H23BrN4O2/c1-2-29(20-8-4-3-5-9-20)24(31)17-30-22-11-7-6-10-21(22)28-23(30)16-27-25(32)18-12-14-19(26)15-13-18/h3-15H,2,16-17H2,1H3,(H,27,32). The minimum absolute atomic E-state index is 0.0395. The van der Waals surface area contributed by atoms with Crippen molar-refractivity contribution < 1.29 is 9.59 Å². The summed E-state index contributed by atoms with van der Waals surface area (Å²) in [5.74, 6) is 0.401. The Hall–Kier alpha value is -3.45. The summed E-state index contributed by atoms with van der Waals surface area (Å²) >= 11 is 3.38. The summed E-state index contributed by atoms with van der Waals surface area (Å²) in [5.41, 5.74) is 3.07. The number of para-hydroxylation sites is 3. The Morgan fingerprint density at radius 2 is 1.66 bits per heavy atom. The van der Waals surface area contributed by atoms with Crippen molar-refractivity contribution in [3.63, 3.8) is 0 Å². The van der Waals surface area contributed by atoms with Gasteiger partial charge in [-0.2, -0.15) is 0 Å². The minimum Gasteiger partial charge on any atom is -0.345 e. The number of hydrogen-bond donors (Lipinski definition) is 1. The topological polar surface area (TPSA) is 67.2 Å². The molecule has 0 saturated heterocycles. The number of rotatable bonds is 7. The highest BCUT2D eigenvalue weighted by atomic mass is 79.9. The van der Waals surface area contributed by atoms with E-state index in [1.165, 1.54) is 0 Å². The molecule has 7 heteroatoms. The molecule has 32 heavy (non-hydrogen) atoms. The fourth-order valence-corrected chi connectivity index (χ4v) is 3.90. The van der Waals surface area contributed by atoms with E-state index in [2.05, 4.69) is 26.2 Å². The summed E-state index contributed by atoms with van der Waals surface area (Å²) in [5, 5.41) is 2.92. The molecule has 0 spiro atoms. The predicted octanol–water partition coefficient (Wildman–Crippen LogP) is 4.78. The fraction of sp³-hybridized carbons (Fsp3) is 0.160. The lowest BCUT2D eigenvalue weighted by Crippen LogP contribution is -2.34. The summed E-state index contributed by atoms with van der Waals surface area (Å²) in [6.07, 6.45) is 0. The number of halogens is 1. The maximum absolute atomic E-state index is 13.2. The van der Waals surface area contributed by atoms with Gasteiger partial charge in [-0.05, 0) is 55.5 Å². The van der Waals surface area contributed by atoms with E-state index in [0.29, 0.717) is 17.9 Å². The number of carbonyl (C=O) groups excluding carboxylic acids is 2. The van der Waals surface area contributed by atoms with Crippen LogP contribution in [0.15, 0.2) is 83.3 Å². The SMILES string of the molecule is CCN(C(=O)Cn1c(CNC(=O)c2ccc(Br)cc2)nc2ccccc21)c1ccccc1. The highest BCUT2D eigenvalue weighted by Crippen LogP contribution is 2.19. The summed E-state index contributed by atoms with van der Waals surface area (Å²) in [7, 11) is 0. The second kappa shape index (κ2) is 9.78. The molecule has 162 valence electrons. The molecule has 4 aromatic rings. The van der Waals surface area contributed by atoms with E-state index in [-0.39, 0.29) is 24.9 Å². The number of amides is 2. The van der Waals surface area contributed by atoms with E-state index in [4.69, 9.17) is 0 Å². The van der Waals surface area contributed by atoms with E-state index in [0.717, 1.165) is 21.2 Å². The molecular weight excluding hydrogens is 468 g/mol. The van der Waals surface area contributed by atoms with Crippen LogP contribution < -0.4 is 10.2 Å². The zero-order valence-electron chi connectivity index (χ0n) is 17.7. The number of nitrogens with one attached hydrogen (secondary N) is 1. The van der Waals surface area contributed by atoms with E-state index in [9.17, 15) is 9.59 Å². The molecule has 1 N–H and O–H groups in total. The lowest BCUT2D eigenvalue weighted by molar-refractivity contribution is -0.119. The maximum atomic E-state index is 13.2. The van der Waals surface area contributed by atoms with Gasteiger partial charge in [0.2, 0.25) is 5.91 Å². The van der Waals surface area contributed by atoms with Crippen molar-refractivity contribution in [3.8, 4) is 0 Å². The molecule has 6 nitrogen and oxygen atoms in total. The van der Waals surface area contributed by atoms with Crippen molar-refractivity contribution in [2.75, 3.05) is 11.4 Å². The lowest BCUT2D eigenvalue weighted by atomic mass is 10.2. The van der Waals surface area contributed by atoms with Crippen LogP contribution in [0, 0.1) is 0 Å². The van der Waals surface area contributed by atoms with Crippen LogP contribution in [0.4, 0.5) is 5.69 Å². The van der Waals surface area contributed by atoms with Gasteiger partial charge in [-0.25, -0.2) is 4.98 Å². The molecule has 1 heterocycles. The number of imidazole rings is 1. The number of nitrogens with zero attached hydrogens (tertiary/aromatic N) is 3. The monoisotopic (exact) mass is 490 g/mol. The smallest absolute Gasteiger partial charge is 0.251 e.